The predicted molar refractivity (Wildman–Crippen MR) is 85.9 cm³/mol. The first kappa shape index (κ1) is 17.2. The van der Waals surface area contributed by atoms with Crippen molar-refractivity contribution in [3.63, 3.8) is 0 Å². The van der Waals surface area contributed by atoms with E-state index in [1.807, 2.05) is 6.07 Å². The SMILES string of the molecule is Cn1ncc2ccc(C(O)C(O)CNC(=O)OC(C)(C)C)cc21. The molecule has 2 atom stereocenters. The van der Waals surface area contributed by atoms with Gasteiger partial charge < -0.3 is 20.3 Å². The van der Waals surface area contributed by atoms with Crippen LogP contribution in [0.1, 0.15) is 32.4 Å². The van der Waals surface area contributed by atoms with Gasteiger partial charge in [0.1, 0.15) is 17.8 Å². The van der Waals surface area contributed by atoms with Gasteiger partial charge in [-0.25, -0.2) is 4.79 Å². The number of hydrogen-bond donors (Lipinski definition) is 3. The number of ether oxygens (including phenoxy) is 1. The maximum absolute atomic E-state index is 11.6. The van der Waals surface area contributed by atoms with Crippen LogP contribution in [0.5, 0.6) is 0 Å². The lowest BCUT2D eigenvalue weighted by atomic mass is 10.0. The van der Waals surface area contributed by atoms with Gasteiger partial charge >= 0.3 is 6.09 Å². The fraction of sp³-hybridized carbons (Fsp3) is 0.500. The minimum Gasteiger partial charge on any atom is -0.444 e. The molecule has 0 radical (unpaired) electrons. The second-order valence-corrected chi connectivity index (χ2v) is 6.48. The highest BCUT2D eigenvalue weighted by Gasteiger charge is 2.22. The third-order valence-corrected chi connectivity index (χ3v) is 3.33. The van der Waals surface area contributed by atoms with Crippen molar-refractivity contribution >= 4 is 17.0 Å². The number of carbonyl (C=O) groups excluding carboxylic acids is 1. The highest BCUT2D eigenvalue weighted by molar-refractivity contribution is 5.79. The summed E-state index contributed by atoms with van der Waals surface area (Å²) in [5.41, 5.74) is 0.798. The average Bonchev–Trinajstić information content (AvgIpc) is 2.83. The number of aromatic nitrogens is 2. The number of aliphatic hydroxyl groups excluding tert-OH is 2. The largest absolute Gasteiger partial charge is 0.444 e. The summed E-state index contributed by atoms with van der Waals surface area (Å²) in [6, 6.07) is 5.32. The summed E-state index contributed by atoms with van der Waals surface area (Å²) in [6.45, 7) is 5.14. The van der Waals surface area contributed by atoms with Crippen molar-refractivity contribution in [2.24, 2.45) is 7.05 Å². The molecule has 0 aliphatic carbocycles. The zero-order valence-electron chi connectivity index (χ0n) is 13.8. The van der Waals surface area contributed by atoms with E-state index in [1.165, 1.54) is 0 Å². The average molecular weight is 321 g/mol. The van der Waals surface area contributed by atoms with E-state index < -0.39 is 23.9 Å². The number of amides is 1. The number of nitrogens with one attached hydrogen (secondary N) is 1. The summed E-state index contributed by atoms with van der Waals surface area (Å²) in [7, 11) is 1.80. The molecule has 3 N–H and O–H groups in total. The summed E-state index contributed by atoms with van der Waals surface area (Å²) >= 11 is 0. The molecule has 7 heteroatoms. The first-order chi connectivity index (χ1) is 10.7. The fourth-order valence-corrected chi connectivity index (χ4v) is 2.18. The van der Waals surface area contributed by atoms with Gasteiger partial charge in [0.25, 0.3) is 0 Å². The Morgan fingerprint density at radius 1 is 1.39 bits per heavy atom. The van der Waals surface area contributed by atoms with E-state index in [2.05, 4.69) is 10.4 Å². The van der Waals surface area contributed by atoms with Gasteiger partial charge in [0.15, 0.2) is 0 Å². The lowest BCUT2D eigenvalue weighted by Crippen LogP contribution is -2.38. The Balaban J connectivity index is 1.99. The number of aryl methyl sites for hydroxylation is 1. The summed E-state index contributed by atoms with van der Waals surface area (Å²) in [5, 5.41) is 27.8. The number of hydrogen-bond acceptors (Lipinski definition) is 5. The number of fused-ring (bicyclic) bond motifs is 1. The van der Waals surface area contributed by atoms with E-state index >= 15 is 0 Å². The summed E-state index contributed by atoms with van der Waals surface area (Å²) in [6.07, 6.45) is -1.17. The van der Waals surface area contributed by atoms with Crippen LogP contribution in [-0.4, -0.2) is 44.3 Å². The molecule has 0 aliphatic rings. The van der Waals surface area contributed by atoms with E-state index in [-0.39, 0.29) is 6.54 Å². The number of carbonyl (C=O) groups is 1. The summed E-state index contributed by atoms with van der Waals surface area (Å²) in [4.78, 5) is 11.6. The van der Waals surface area contributed by atoms with Gasteiger partial charge in [-0.2, -0.15) is 5.10 Å². The molecular weight excluding hydrogens is 298 g/mol. The quantitative estimate of drug-likeness (QED) is 0.793. The topological polar surface area (TPSA) is 96.6 Å². The normalized spacial score (nSPS) is 14.5. The summed E-state index contributed by atoms with van der Waals surface area (Å²) in [5.74, 6) is 0. The molecule has 1 aromatic heterocycles. The molecular formula is C16H23N3O4. The fourth-order valence-electron chi connectivity index (χ4n) is 2.18. The minimum atomic E-state index is -1.15. The third kappa shape index (κ3) is 4.43. The molecule has 0 fully saturated rings. The molecule has 2 aromatic rings. The van der Waals surface area contributed by atoms with Crippen LogP contribution >= 0.6 is 0 Å². The summed E-state index contributed by atoms with van der Waals surface area (Å²) < 4.78 is 6.77. The molecule has 2 unspecified atom stereocenters. The van der Waals surface area contributed by atoms with E-state index in [9.17, 15) is 15.0 Å². The molecule has 0 aliphatic heterocycles. The highest BCUT2D eigenvalue weighted by atomic mass is 16.6. The minimum absolute atomic E-state index is 0.112. The molecule has 1 aromatic carbocycles. The van der Waals surface area contributed by atoms with E-state index in [0.29, 0.717) is 5.56 Å². The molecule has 2 rings (SSSR count). The van der Waals surface area contributed by atoms with Gasteiger partial charge in [0.2, 0.25) is 0 Å². The van der Waals surface area contributed by atoms with Crippen molar-refractivity contribution < 1.29 is 19.7 Å². The van der Waals surface area contributed by atoms with Crippen molar-refractivity contribution in [1.29, 1.82) is 0 Å². The molecule has 0 bridgehead atoms. The molecule has 0 spiro atoms. The number of nitrogens with zero attached hydrogens (tertiary/aromatic N) is 2. The number of aliphatic hydroxyl groups is 2. The molecule has 0 saturated heterocycles. The Hall–Kier alpha value is -2.12. The van der Waals surface area contributed by atoms with Crippen molar-refractivity contribution in [1.82, 2.24) is 15.1 Å². The van der Waals surface area contributed by atoms with Crippen LogP contribution in [0.2, 0.25) is 0 Å². The zero-order valence-corrected chi connectivity index (χ0v) is 13.8. The zero-order chi connectivity index (χ0) is 17.2. The lowest BCUT2D eigenvalue weighted by molar-refractivity contribution is 0.0130. The maximum atomic E-state index is 11.6. The van der Waals surface area contributed by atoms with Crippen LogP contribution < -0.4 is 5.32 Å². The Labute approximate surface area is 134 Å². The Morgan fingerprint density at radius 2 is 2.09 bits per heavy atom. The number of alkyl carbamates (subject to hydrolysis) is 1. The number of benzene rings is 1. The maximum Gasteiger partial charge on any atom is 0.407 e. The molecule has 1 heterocycles. The van der Waals surface area contributed by atoms with Crippen LogP contribution in [0.15, 0.2) is 24.4 Å². The lowest BCUT2D eigenvalue weighted by Gasteiger charge is -2.22. The van der Waals surface area contributed by atoms with Crippen LogP contribution in [0.3, 0.4) is 0 Å². The van der Waals surface area contributed by atoms with Gasteiger partial charge in [0.05, 0.1) is 11.7 Å². The second kappa shape index (κ2) is 6.55. The third-order valence-electron chi connectivity index (χ3n) is 3.33. The van der Waals surface area contributed by atoms with Gasteiger partial charge in [-0.15, -0.1) is 0 Å². The van der Waals surface area contributed by atoms with Crippen LogP contribution in [0.4, 0.5) is 4.79 Å². The van der Waals surface area contributed by atoms with Gasteiger partial charge in [-0.05, 0) is 32.4 Å². The van der Waals surface area contributed by atoms with Gasteiger partial charge in [-0.3, -0.25) is 4.68 Å². The van der Waals surface area contributed by atoms with Gasteiger partial charge in [-0.1, -0.05) is 12.1 Å². The van der Waals surface area contributed by atoms with E-state index in [0.717, 1.165) is 10.9 Å². The van der Waals surface area contributed by atoms with Crippen LogP contribution in [-0.2, 0) is 11.8 Å². The smallest absolute Gasteiger partial charge is 0.407 e. The molecule has 23 heavy (non-hydrogen) atoms. The van der Waals surface area contributed by atoms with Gasteiger partial charge in [0, 0.05) is 19.0 Å². The predicted octanol–water partition coefficient (Wildman–Crippen LogP) is 1.49. The van der Waals surface area contributed by atoms with Crippen molar-refractivity contribution in [3.05, 3.63) is 30.0 Å². The number of rotatable bonds is 4. The Morgan fingerprint density at radius 3 is 2.74 bits per heavy atom. The molecule has 0 saturated carbocycles. The molecule has 7 nitrogen and oxygen atoms in total. The van der Waals surface area contributed by atoms with E-state index in [1.54, 1.807) is 50.8 Å². The Kier molecular flexibility index (Phi) is 4.91. The van der Waals surface area contributed by atoms with Crippen molar-refractivity contribution in [2.45, 2.75) is 38.6 Å². The Bertz CT molecular complexity index is 690. The van der Waals surface area contributed by atoms with Crippen LogP contribution in [0, 0.1) is 0 Å². The van der Waals surface area contributed by atoms with E-state index in [4.69, 9.17) is 4.74 Å². The molecule has 126 valence electrons. The first-order valence-corrected chi connectivity index (χ1v) is 7.42. The second-order valence-electron chi connectivity index (χ2n) is 6.48. The monoisotopic (exact) mass is 321 g/mol. The highest BCUT2D eigenvalue weighted by Crippen LogP contribution is 2.22. The standard InChI is InChI=1S/C16H23N3O4/c1-16(2,3)23-15(22)17-9-13(20)14(21)10-5-6-11-8-18-19(4)12(11)7-10/h5-8,13-14,20-21H,9H2,1-4H3,(H,17,22). The van der Waals surface area contributed by atoms with Crippen molar-refractivity contribution in [3.8, 4) is 0 Å². The molecule has 1 amide bonds. The first-order valence-electron chi connectivity index (χ1n) is 7.42. The van der Waals surface area contributed by atoms with Crippen LogP contribution in [0.25, 0.3) is 10.9 Å². The van der Waals surface area contributed by atoms with Crippen molar-refractivity contribution in [2.75, 3.05) is 6.54 Å².